The van der Waals surface area contributed by atoms with Crippen LogP contribution in [0.2, 0.25) is 0 Å². The normalized spacial score (nSPS) is 20.9. The van der Waals surface area contributed by atoms with Crippen molar-refractivity contribution in [1.82, 2.24) is 10.3 Å². The van der Waals surface area contributed by atoms with E-state index in [4.69, 9.17) is 0 Å². The maximum Gasteiger partial charge on any atom is 0.418 e. The van der Waals surface area contributed by atoms with Crippen molar-refractivity contribution in [3.05, 3.63) is 29.6 Å². The summed E-state index contributed by atoms with van der Waals surface area (Å²) in [5, 5.41) is 3.34. The van der Waals surface area contributed by atoms with E-state index < -0.39 is 11.7 Å². The summed E-state index contributed by atoms with van der Waals surface area (Å²) in [6, 6.07) is 2.78. The Morgan fingerprint density at radius 2 is 2.17 bits per heavy atom. The number of rotatable bonds is 3. The van der Waals surface area contributed by atoms with E-state index in [0.717, 1.165) is 38.3 Å². The molecule has 0 spiro atoms. The highest BCUT2D eigenvalue weighted by Crippen LogP contribution is 2.31. The molecule has 100 valence electrons. The second-order valence-electron chi connectivity index (χ2n) is 4.68. The van der Waals surface area contributed by atoms with Crippen LogP contribution in [0.4, 0.5) is 13.2 Å². The van der Waals surface area contributed by atoms with Crippen LogP contribution in [0.5, 0.6) is 0 Å². The molecule has 1 aliphatic rings. The zero-order chi connectivity index (χ0) is 13.0. The van der Waals surface area contributed by atoms with E-state index in [1.54, 1.807) is 0 Å². The summed E-state index contributed by atoms with van der Waals surface area (Å²) in [4.78, 5) is 3.88. The molecule has 2 rings (SSSR count). The number of hydrogen-bond donors (Lipinski definition) is 1. The third-order valence-electron chi connectivity index (χ3n) is 3.34. The summed E-state index contributed by atoms with van der Waals surface area (Å²) in [6.45, 7) is 0.971. The fraction of sp³-hybridized carbons (Fsp3) is 0.615. The van der Waals surface area contributed by atoms with Crippen molar-refractivity contribution >= 4 is 0 Å². The molecule has 0 unspecified atom stereocenters. The average molecular weight is 258 g/mol. The Morgan fingerprint density at radius 3 is 2.83 bits per heavy atom. The topological polar surface area (TPSA) is 24.9 Å². The van der Waals surface area contributed by atoms with Gasteiger partial charge in [0.1, 0.15) is 0 Å². The average Bonchev–Trinajstić information content (AvgIpc) is 2.37. The smallest absolute Gasteiger partial charge is 0.314 e. The molecule has 0 radical (unpaired) electrons. The summed E-state index contributed by atoms with van der Waals surface area (Å²) >= 11 is 0. The van der Waals surface area contributed by atoms with Gasteiger partial charge in [0.05, 0.1) is 11.3 Å². The first-order valence-electron chi connectivity index (χ1n) is 6.32. The monoisotopic (exact) mass is 258 g/mol. The van der Waals surface area contributed by atoms with E-state index >= 15 is 0 Å². The largest absolute Gasteiger partial charge is 0.418 e. The second-order valence-corrected chi connectivity index (χ2v) is 4.68. The lowest BCUT2D eigenvalue weighted by Crippen LogP contribution is -2.34. The summed E-state index contributed by atoms with van der Waals surface area (Å²) in [5.41, 5.74) is -0.432. The van der Waals surface area contributed by atoms with Crippen LogP contribution in [-0.2, 0) is 12.6 Å². The molecule has 0 saturated carbocycles. The summed E-state index contributed by atoms with van der Waals surface area (Å²) in [5.74, 6) is 0. The molecular formula is C13H17F3N2. The molecule has 2 nitrogen and oxygen atoms in total. The van der Waals surface area contributed by atoms with E-state index in [-0.39, 0.29) is 5.69 Å². The Hall–Kier alpha value is -1.10. The van der Waals surface area contributed by atoms with E-state index in [1.165, 1.54) is 12.3 Å². The van der Waals surface area contributed by atoms with Gasteiger partial charge in [-0.15, -0.1) is 0 Å². The van der Waals surface area contributed by atoms with Gasteiger partial charge in [-0.05, 0) is 44.4 Å². The minimum absolute atomic E-state index is 0.164. The maximum absolute atomic E-state index is 12.8. The van der Waals surface area contributed by atoms with Gasteiger partial charge in [-0.25, -0.2) is 0 Å². The molecule has 5 heteroatoms. The predicted octanol–water partition coefficient (Wildman–Crippen LogP) is 3.18. The highest BCUT2D eigenvalue weighted by molar-refractivity contribution is 5.23. The Morgan fingerprint density at radius 1 is 1.33 bits per heavy atom. The van der Waals surface area contributed by atoms with Gasteiger partial charge in [0.2, 0.25) is 0 Å². The number of aromatic nitrogens is 1. The molecule has 1 aromatic heterocycles. The van der Waals surface area contributed by atoms with Gasteiger partial charge in [0.25, 0.3) is 0 Å². The van der Waals surface area contributed by atoms with Crippen molar-refractivity contribution < 1.29 is 13.2 Å². The molecule has 1 saturated heterocycles. The molecule has 2 heterocycles. The summed E-state index contributed by atoms with van der Waals surface area (Å²) < 4.78 is 38.3. The van der Waals surface area contributed by atoms with Gasteiger partial charge >= 0.3 is 6.18 Å². The van der Waals surface area contributed by atoms with E-state index in [1.807, 2.05) is 0 Å². The number of nitrogens with one attached hydrogen (secondary N) is 1. The van der Waals surface area contributed by atoms with Crippen molar-refractivity contribution in [3.63, 3.8) is 0 Å². The number of hydrogen-bond acceptors (Lipinski definition) is 2. The number of pyridine rings is 1. The van der Waals surface area contributed by atoms with Gasteiger partial charge in [-0.2, -0.15) is 13.2 Å². The first kappa shape index (κ1) is 13.3. The van der Waals surface area contributed by atoms with E-state index in [2.05, 4.69) is 10.3 Å². The fourth-order valence-corrected chi connectivity index (χ4v) is 2.38. The van der Waals surface area contributed by atoms with Gasteiger partial charge in [-0.3, -0.25) is 4.98 Å². The third kappa shape index (κ3) is 3.45. The van der Waals surface area contributed by atoms with Gasteiger partial charge in [0.15, 0.2) is 0 Å². The number of halogens is 3. The van der Waals surface area contributed by atoms with Crippen molar-refractivity contribution in [1.29, 1.82) is 0 Å². The van der Waals surface area contributed by atoms with Crippen LogP contribution >= 0.6 is 0 Å². The molecule has 0 aromatic carbocycles. The Kier molecular flexibility index (Phi) is 4.22. The van der Waals surface area contributed by atoms with E-state index in [9.17, 15) is 13.2 Å². The SMILES string of the molecule is FC(F)(F)c1cccnc1CC[C@@H]1CCCCN1. The molecule has 1 fully saturated rings. The first-order valence-corrected chi connectivity index (χ1v) is 6.32. The van der Waals surface area contributed by atoms with Gasteiger partial charge in [-0.1, -0.05) is 6.42 Å². The molecule has 1 aromatic rings. The molecule has 18 heavy (non-hydrogen) atoms. The molecule has 1 aliphatic heterocycles. The quantitative estimate of drug-likeness (QED) is 0.900. The second kappa shape index (κ2) is 5.69. The van der Waals surface area contributed by atoms with Gasteiger partial charge in [0, 0.05) is 12.2 Å². The molecule has 0 amide bonds. The highest BCUT2D eigenvalue weighted by atomic mass is 19.4. The van der Waals surface area contributed by atoms with Crippen molar-refractivity contribution in [2.24, 2.45) is 0 Å². The Labute approximate surface area is 105 Å². The third-order valence-corrected chi connectivity index (χ3v) is 3.34. The number of nitrogens with zero attached hydrogens (tertiary/aromatic N) is 1. The minimum Gasteiger partial charge on any atom is -0.314 e. The molecule has 0 aliphatic carbocycles. The lowest BCUT2D eigenvalue weighted by Gasteiger charge is -2.23. The number of piperidine rings is 1. The number of alkyl halides is 3. The van der Waals surface area contributed by atoms with Crippen LogP contribution in [0.3, 0.4) is 0 Å². The van der Waals surface area contributed by atoms with Crippen molar-refractivity contribution in [2.75, 3.05) is 6.54 Å². The first-order chi connectivity index (χ1) is 8.57. The molecule has 0 bridgehead atoms. The molecule has 1 N–H and O–H groups in total. The molecule has 1 atom stereocenters. The highest BCUT2D eigenvalue weighted by Gasteiger charge is 2.33. The van der Waals surface area contributed by atoms with Crippen LogP contribution in [0.15, 0.2) is 18.3 Å². The van der Waals surface area contributed by atoms with Crippen LogP contribution in [0.1, 0.15) is 36.9 Å². The molecular weight excluding hydrogens is 241 g/mol. The minimum atomic E-state index is -4.30. The summed E-state index contributed by atoms with van der Waals surface area (Å²) in [7, 11) is 0. The standard InChI is InChI=1S/C13H17F3N2/c14-13(15,16)11-5-3-9-18-12(11)7-6-10-4-1-2-8-17-10/h3,5,9-10,17H,1-2,4,6-8H2/t10-/m0/s1. The van der Waals surface area contributed by atoms with Crippen LogP contribution < -0.4 is 5.32 Å². The zero-order valence-electron chi connectivity index (χ0n) is 10.1. The van der Waals surface area contributed by atoms with Crippen LogP contribution in [0.25, 0.3) is 0 Å². The van der Waals surface area contributed by atoms with Gasteiger partial charge < -0.3 is 5.32 Å². The number of aryl methyl sites for hydroxylation is 1. The maximum atomic E-state index is 12.8. The zero-order valence-corrected chi connectivity index (χ0v) is 10.1. The summed E-state index contributed by atoms with van der Waals surface area (Å²) in [6.07, 6.45) is 1.60. The lowest BCUT2D eigenvalue weighted by atomic mass is 9.98. The fourth-order valence-electron chi connectivity index (χ4n) is 2.38. The lowest BCUT2D eigenvalue weighted by molar-refractivity contribution is -0.138. The Balaban J connectivity index is 2.00. The van der Waals surface area contributed by atoms with Crippen LogP contribution in [0, 0.1) is 0 Å². The van der Waals surface area contributed by atoms with Crippen LogP contribution in [-0.4, -0.2) is 17.6 Å². The van der Waals surface area contributed by atoms with Crippen molar-refractivity contribution in [3.8, 4) is 0 Å². The van der Waals surface area contributed by atoms with E-state index in [0.29, 0.717) is 12.5 Å². The van der Waals surface area contributed by atoms with Crippen molar-refractivity contribution in [2.45, 2.75) is 44.3 Å². The predicted molar refractivity (Wildman–Crippen MR) is 63.2 cm³/mol. The Bertz CT molecular complexity index is 384.